The Morgan fingerprint density at radius 2 is 2.30 bits per heavy atom. The first kappa shape index (κ1) is 16.6. The summed E-state index contributed by atoms with van der Waals surface area (Å²) in [6.07, 6.45) is 2.76. The van der Waals surface area contributed by atoms with Crippen LogP contribution in [-0.2, 0) is 19.6 Å². The zero-order chi connectivity index (χ0) is 15.2. The van der Waals surface area contributed by atoms with Crippen molar-refractivity contribution in [1.82, 2.24) is 9.29 Å². The van der Waals surface area contributed by atoms with Crippen LogP contribution < -0.4 is 0 Å². The molecule has 0 atom stereocenters. The first-order valence-electron chi connectivity index (χ1n) is 5.80. The van der Waals surface area contributed by atoms with Crippen molar-refractivity contribution >= 4 is 27.6 Å². The highest BCUT2D eigenvalue weighted by Crippen LogP contribution is 2.22. The maximum absolute atomic E-state index is 12.4. The van der Waals surface area contributed by atoms with Crippen molar-refractivity contribution in [2.75, 3.05) is 19.7 Å². The first-order chi connectivity index (χ1) is 9.43. The molecule has 0 fully saturated rings. The average molecular weight is 319 g/mol. The largest absolute Gasteiger partial charge is 0.465 e. The lowest BCUT2D eigenvalue weighted by Gasteiger charge is -2.19. The monoisotopic (exact) mass is 318 g/mol. The SMILES string of the molecule is C=CCN(CC(=O)OCC)S(=O)(=O)c1cccnc1Cl. The first-order valence-corrected chi connectivity index (χ1v) is 7.62. The molecule has 110 valence electrons. The maximum Gasteiger partial charge on any atom is 0.321 e. The van der Waals surface area contributed by atoms with Gasteiger partial charge in [0, 0.05) is 12.7 Å². The van der Waals surface area contributed by atoms with Gasteiger partial charge >= 0.3 is 5.97 Å². The molecule has 0 bridgehead atoms. The Kier molecular flexibility index (Phi) is 6.12. The number of aromatic nitrogens is 1. The lowest BCUT2D eigenvalue weighted by molar-refractivity contribution is -0.143. The predicted molar refractivity (Wildman–Crippen MR) is 74.8 cm³/mol. The van der Waals surface area contributed by atoms with Crippen molar-refractivity contribution in [3.05, 3.63) is 36.1 Å². The Labute approximate surface area is 123 Å². The minimum atomic E-state index is -3.94. The number of hydrogen-bond acceptors (Lipinski definition) is 5. The molecule has 0 aromatic carbocycles. The highest BCUT2D eigenvalue weighted by Gasteiger charge is 2.28. The van der Waals surface area contributed by atoms with E-state index < -0.39 is 22.5 Å². The van der Waals surface area contributed by atoms with E-state index in [2.05, 4.69) is 11.6 Å². The van der Waals surface area contributed by atoms with Crippen LogP contribution in [0.25, 0.3) is 0 Å². The fourth-order valence-electron chi connectivity index (χ4n) is 1.45. The molecule has 20 heavy (non-hydrogen) atoms. The molecule has 0 aliphatic heterocycles. The predicted octanol–water partition coefficient (Wildman–Crippen LogP) is 1.47. The van der Waals surface area contributed by atoms with E-state index in [1.165, 1.54) is 24.4 Å². The van der Waals surface area contributed by atoms with Crippen LogP contribution in [0.1, 0.15) is 6.92 Å². The molecule has 0 spiro atoms. The van der Waals surface area contributed by atoms with Gasteiger partial charge in [-0.15, -0.1) is 6.58 Å². The van der Waals surface area contributed by atoms with Gasteiger partial charge in [0.2, 0.25) is 10.0 Å². The Morgan fingerprint density at radius 1 is 1.60 bits per heavy atom. The highest BCUT2D eigenvalue weighted by molar-refractivity contribution is 7.89. The Bertz CT molecular complexity index is 589. The lowest BCUT2D eigenvalue weighted by Crippen LogP contribution is -2.36. The second kappa shape index (κ2) is 7.37. The van der Waals surface area contributed by atoms with Crippen LogP contribution in [0.15, 0.2) is 35.9 Å². The molecule has 0 aliphatic rings. The van der Waals surface area contributed by atoms with Gasteiger partial charge in [0.25, 0.3) is 0 Å². The zero-order valence-corrected chi connectivity index (χ0v) is 12.5. The molecule has 0 unspecified atom stereocenters. The van der Waals surface area contributed by atoms with Gasteiger partial charge in [-0.05, 0) is 19.1 Å². The summed E-state index contributed by atoms with van der Waals surface area (Å²) in [4.78, 5) is 15.0. The van der Waals surface area contributed by atoms with Crippen LogP contribution in [0.2, 0.25) is 5.15 Å². The molecule has 1 aromatic rings. The molecule has 0 saturated carbocycles. The van der Waals surface area contributed by atoms with Crippen LogP contribution in [-0.4, -0.2) is 43.4 Å². The smallest absolute Gasteiger partial charge is 0.321 e. The Balaban J connectivity index is 3.09. The second-order valence-electron chi connectivity index (χ2n) is 3.68. The van der Waals surface area contributed by atoms with E-state index >= 15 is 0 Å². The van der Waals surface area contributed by atoms with Crippen LogP contribution in [0.3, 0.4) is 0 Å². The second-order valence-corrected chi connectivity index (χ2v) is 5.95. The molecule has 0 aliphatic carbocycles. The normalized spacial score (nSPS) is 11.3. The molecule has 0 N–H and O–H groups in total. The van der Waals surface area contributed by atoms with Crippen LogP contribution in [0, 0.1) is 0 Å². The molecule has 1 aromatic heterocycles. The van der Waals surface area contributed by atoms with Crippen molar-refractivity contribution in [1.29, 1.82) is 0 Å². The van der Waals surface area contributed by atoms with Crippen LogP contribution >= 0.6 is 11.6 Å². The minimum Gasteiger partial charge on any atom is -0.465 e. The van der Waals surface area contributed by atoms with E-state index in [1.807, 2.05) is 0 Å². The fourth-order valence-corrected chi connectivity index (χ4v) is 3.23. The molecular weight excluding hydrogens is 304 g/mol. The molecular formula is C12H15ClN2O4S. The number of sulfonamides is 1. The van der Waals surface area contributed by atoms with E-state index in [1.54, 1.807) is 6.92 Å². The summed E-state index contributed by atoms with van der Waals surface area (Å²) < 4.78 is 30.5. The average Bonchev–Trinajstić information content (AvgIpc) is 2.38. The van der Waals surface area contributed by atoms with E-state index in [0.717, 1.165) is 4.31 Å². The number of esters is 1. The van der Waals surface area contributed by atoms with E-state index in [9.17, 15) is 13.2 Å². The van der Waals surface area contributed by atoms with Crippen LogP contribution in [0.4, 0.5) is 0 Å². The Hall–Kier alpha value is -1.44. The van der Waals surface area contributed by atoms with Gasteiger partial charge in [-0.2, -0.15) is 4.31 Å². The van der Waals surface area contributed by atoms with Crippen molar-refractivity contribution in [2.45, 2.75) is 11.8 Å². The number of carbonyl (C=O) groups excluding carboxylic acids is 1. The molecule has 0 saturated heterocycles. The summed E-state index contributed by atoms with van der Waals surface area (Å²) >= 11 is 5.79. The van der Waals surface area contributed by atoms with Crippen molar-refractivity contribution < 1.29 is 17.9 Å². The minimum absolute atomic E-state index is 0.0353. The standard InChI is InChI=1S/C12H15ClN2O4S/c1-3-8-15(9-11(16)19-4-2)20(17,18)10-6-5-7-14-12(10)13/h3,5-7H,1,4,8-9H2,2H3. The topological polar surface area (TPSA) is 76.6 Å². The van der Waals surface area contributed by atoms with Gasteiger partial charge in [-0.25, -0.2) is 13.4 Å². The summed E-state index contributed by atoms with van der Waals surface area (Å²) in [6.45, 7) is 4.85. The molecule has 1 rings (SSSR count). The maximum atomic E-state index is 12.4. The number of hydrogen-bond donors (Lipinski definition) is 0. The summed E-state index contributed by atoms with van der Waals surface area (Å²) in [5, 5.41) is -0.148. The number of halogens is 1. The number of pyridine rings is 1. The molecule has 0 radical (unpaired) electrons. The van der Waals surface area contributed by atoms with Crippen molar-refractivity contribution in [3.63, 3.8) is 0 Å². The number of rotatable bonds is 7. The summed E-state index contributed by atoms with van der Waals surface area (Å²) in [6, 6.07) is 2.78. The van der Waals surface area contributed by atoms with Gasteiger partial charge in [-0.1, -0.05) is 17.7 Å². The third-order valence-corrected chi connectivity index (χ3v) is 4.54. The fraction of sp³-hybridized carbons (Fsp3) is 0.333. The van der Waals surface area contributed by atoms with Gasteiger partial charge in [0.1, 0.15) is 16.6 Å². The lowest BCUT2D eigenvalue weighted by atomic mass is 10.5. The quantitative estimate of drug-likeness (QED) is 0.432. The van der Waals surface area contributed by atoms with E-state index in [0.29, 0.717) is 0 Å². The summed E-state index contributed by atoms with van der Waals surface area (Å²) in [7, 11) is -3.94. The molecule has 8 heteroatoms. The zero-order valence-electron chi connectivity index (χ0n) is 11.0. The summed E-state index contributed by atoms with van der Waals surface area (Å²) in [5.41, 5.74) is 0. The van der Waals surface area contributed by atoms with E-state index in [4.69, 9.17) is 16.3 Å². The Morgan fingerprint density at radius 3 is 2.85 bits per heavy atom. The molecule has 6 nitrogen and oxygen atoms in total. The summed E-state index contributed by atoms with van der Waals surface area (Å²) in [5.74, 6) is -0.641. The van der Waals surface area contributed by atoms with Gasteiger partial charge < -0.3 is 4.74 Å². The van der Waals surface area contributed by atoms with Gasteiger partial charge in [-0.3, -0.25) is 4.79 Å². The van der Waals surface area contributed by atoms with Crippen molar-refractivity contribution in [3.8, 4) is 0 Å². The third kappa shape index (κ3) is 4.03. The molecule has 0 amide bonds. The van der Waals surface area contributed by atoms with Crippen LogP contribution in [0.5, 0.6) is 0 Å². The number of carbonyl (C=O) groups is 1. The van der Waals surface area contributed by atoms with Crippen molar-refractivity contribution in [2.24, 2.45) is 0 Å². The number of nitrogens with zero attached hydrogens (tertiary/aromatic N) is 2. The van der Waals surface area contributed by atoms with Gasteiger partial charge in [0.05, 0.1) is 6.61 Å². The third-order valence-electron chi connectivity index (χ3n) is 2.29. The van der Waals surface area contributed by atoms with Gasteiger partial charge in [0.15, 0.2) is 0 Å². The highest BCUT2D eigenvalue weighted by atomic mass is 35.5. The number of ether oxygens (including phenoxy) is 1. The molecule has 1 heterocycles. The van der Waals surface area contributed by atoms with E-state index in [-0.39, 0.29) is 23.2 Å².